The predicted octanol–water partition coefficient (Wildman–Crippen LogP) is 2.57. The van der Waals surface area contributed by atoms with Gasteiger partial charge in [-0.05, 0) is 40.0 Å². The molecule has 80 valence electrons. The summed E-state index contributed by atoms with van der Waals surface area (Å²) in [7, 11) is -1.30. The molecule has 0 aliphatic rings. The van der Waals surface area contributed by atoms with Crippen LogP contribution in [0.2, 0.25) is 19.6 Å². The third-order valence-electron chi connectivity index (χ3n) is 2.05. The molecule has 0 spiro atoms. The predicted molar refractivity (Wildman–Crippen MR) is 61.7 cm³/mol. The van der Waals surface area contributed by atoms with E-state index in [2.05, 4.69) is 45.3 Å². The van der Waals surface area contributed by atoms with Crippen LogP contribution in [0.4, 0.5) is 0 Å². The Bertz CT molecular complexity index is 131. The van der Waals surface area contributed by atoms with Crippen molar-refractivity contribution in [3.8, 4) is 0 Å². The molecule has 2 nitrogen and oxygen atoms in total. The number of rotatable bonds is 6. The second kappa shape index (κ2) is 5.78. The molecule has 0 aromatic carbocycles. The van der Waals surface area contributed by atoms with Crippen molar-refractivity contribution < 1.29 is 4.43 Å². The molecule has 0 aromatic heterocycles. The van der Waals surface area contributed by atoms with Crippen LogP contribution in [0.25, 0.3) is 0 Å². The first-order chi connectivity index (χ1) is 5.87. The fourth-order valence-corrected chi connectivity index (χ4v) is 1.95. The number of hydrogen-bond donors (Lipinski definition) is 0. The fraction of sp³-hybridized carbons (Fsp3) is 1.00. The Morgan fingerprint density at radius 2 is 1.77 bits per heavy atom. The summed E-state index contributed by atoms with van der Waals surface area (Å²) in [6.45, 7) is 16.5. The molecule has 0 rings (SSSR count). The Labute approximate surface area is 84.4 Å². The van der Waals surface area contributed by atoms with E-state index in [4.69, 9.17) is 4.43 Å². The summed E-state index contributed by atoms with van der Waals surface area (Å²) in [5.41, 5.74) is 0. The van der Waals surface area contributed by atoms with Crippen LogP contribution in [-0.2, 0) is 4.43 Å². The molecular weight excluding hydrogens is 178 g/mol. The molecule has 0 amide bonds. The zero-order chi connectivity index (χ0) is 10.5. The summed E-state index contributed by atoms with van der Waals surface area (Å²) in [6.07, 6.45) is 0. The van der Waals surface area contributed by atoms with Gasteiger partial charge in [-0.15, -0.1) is 0 Å². The van der Waals surface area contributed by atoms with Gasteiger partial charge in [0.25, 0.3) is 0 Å². The molecule has 0 bridgehead atoms. The molecular formula is C10H25NOSi. The van der Waals surface area contributed by atoms with Crippen molar-refractivity contribution >= 4 is 8.32 Å². The summed E-state index contributed by atoms with van der Waals surface area (Å²) in [4.78, 5) is 2.43. The standard InChI is InChI=1S/C10H25NOSi/c1-7-11(10(2)3)8-9-12-13(4,5)6/h10H,7-9H2,1-6H3. The van der Waals surface area contributed by atoms with Crippen molar-refractivity contribution in [2.45, 2.75) is 46.5 Å². The number of hydrogen-bond acceptors (Lipinski definition) is 2. The third-order valence-corrected chi connectivity index (χ3v) is 3.12. The molecule has 0 saturated carbocycles. The highest BCUT2D eigenvalue weighted by atomic mass is 28.4. The average Bonchev–Trinajstić information content (AvgIpc) is 1.95. The van der Waals surface area contributed by atoms with Gasteiger partial charge < -0.3 is 4.43 Å². The van der Waals surface area contributed by atoms with Crippen LogP contribution in [0.5, 0.6) is 0 Å². The van der Waals surface area contributed by atoms with E-state index in [-0.39, 0.29) is 0 Å². The second-order valence-corrected chi connectivity index (χ2v) is 9.20. The summed E-state index contributed by atoms with van der Waals surface area (Å²) in [6, 6.07) is 0.634. The smallest absolute Gasteiger partial charge is 0.183 e. The second-order valence-electron chi connectivity index (χ2n) is 4.68. The normalized spacial score (nSPS) is 12.9. The largest absolute Gasteiger partial charge is 0.416 e. The lowest BCUT2D eigenvalue weighted by molar-refractivity contribution is 0.180. The highest BCUT2D eigenvalue weighted by molar-refractivity contribution is 6.69. The molecule has 0 aliphatic carbocycles. The molecule has 0 fully saturated rings. The SMILES string of the molecule is CCN(CCO[Si](C)(C)C)C(C)C. The van der Waals surface area contributed by atoms with Gasteiger partial charge in [-0.25, -0.2) is 0 Å². The highest BCUT2D eigenvalue weighted by Crippen LogP contribution is 2.03. The summed E-state index contributed by atoms with van der Waals surface area (Å²) in [5, 5.41) is 0. The Morgan fingerprint density at radius 1 is 1.23 bits per heavy atom. The van der Waals surface area contributed by atoms with E-state index in [9.17, 15) is 0 Å². The lowest BCUT2D eigenvalue weighted by Gasteiger charge is -2.26. The molecule has 0 heterocycles. The summed E-state index contributed by atoms with van der Waals surface area (Å²) in [5.74, 6) is 0. The lowest BCUT2D eigenvalue weighted by Crippen LogP contribution is -2.36. The maximum absolute atomic E-state index is 5.81. The molecule has 0 atom stereocenters. The number of nitrogens with zero attached hydrogens (tertiary/aromatic N) is 1. The van der Waals surface area contributed by atoms with Gasteiger partial charge in [0.05, 0.1) is 0 Å². The maximum atomic E-state index is 5.81. The third kappa shape index (κ3) is 7.23. The van der Waals surface area contributed by atoms with Gasteiger partial charge in [-0.2, -0.15) is 0 Å². The number of likely N-dealkylation sites (N-methyl/N-ethyl adjacent to an activating group) is 1. The van der Waals surface area contributed by atoms with E-state index in [1.54, 1.807) is 0 Å². The van der Waals surface area contributed by atoms with E-state index in [1.807, 2.05) is 0 Å². The van der Waals surface area contributed by atoms with Crippen molar-refractivity contribution in [3.63, 3.8) is 0 Å². The van der Waals surface area contributed by atoms with Crippen LogP contribution in [-0.4, -0.2) is 39.0 Å². The van der Waals surface area contributed by atoms with Crippen molar-refractivity contribution in [2.24, 2.45) is 0 Å². The summed E-state index contributed by atoms with van der Waals surface area (Å²) < 4.78 is 5.81. The minimum Gasteiger partial charge on any atom is -0.416 e. The quantitative estimate of drug-likeness (QED) is 0.615. The van der Waals surface area contributed by atoms with E-state index in [0.29, 0.717) is 6.04 Å². The molecule has 0 unspecified atom stereocenters. The van der Waals surface area contributed by atoms with Gasteiger partial charge in [-0.1, -0.05) is 6.92 Å². The lowest BCUT2D eigenvalue weighted by atomic mass is 10.3. The van der Waals surface area contributed by atoms with Crippen LogP contribution >= 0.6 is 0 Å². The highest BCUT2D eigenvalue weighted by Gasteiger charge is 2.14. The summed E-state index contributed by atoms with van der Waals surface area (Å²) >= 11 is 0. The van der Waals surface area contributed by atoms with Crippen LogP contribution in [0.3, 0.4) is 0 Å². The molecule has 13 heavy (non-hydrogen) atoms. The van der Waals surface area contributed by atoms with E-state index >= 15 is 0 Å². The first-order valence-corrected chi connectivity index (χ1v) is 8.65. The maximum Gasteiger partial charge on any atom is 0.183 e. The van der Waals surface area contributed by atoms with E-state index < -0.39 is 8.32 Å². The minimum absolute atomic E-state index is 0.634. The van der Waals surface area contributed by atoms with E-state index in [0.717, 1.165) is 19.7 Å². The van der Waals surface area contributed by atoms with Crippen LogP contribution in [0, 0.1) is 0 Å². The van der Waals surface area contributed by atoms with Crippen molar-refractivity contribution in [2.75, 3.05) is 19.7 Å². The van der Waals surface area contributed by atoms with Crippen molar-refractivity contribution in [1.82, 2.24) is 4.90 Å². The monoisotopic (exact) mass is 203 g/mol. The molecule has 0 N–H and O–H groups in total. The minimum atomic E-state index is -1.30. The van der Waals surface area contributed by atoms with Crippen molar-refractivity contribution in [1.29, 1.82) is 0 Å². The average molecular weight is 203 g/mol. The molecule has 3 heteroatoms. The Kier molecular flexibility index (Phi) is 5.84. The molecule has 0 aromatic rings. The van der Waals surface area contributed by atoms with Gasteiger partial charge in [0.1, 0.15) is 0 Å². The first-order valence-electron chi connectivity index (χ1n) is 5.25. The van der Waals surface area contributed by atoms with Gasteiger partial charge >= 0.3 is 0 Å². The molecule has 0 aliphatic heterocycles. The van der Waals surface area contributed by atoms with Crippen LogP contribution < -0.4 is 0 Å². The van der Waals surface area contributed by atoms with E-state index in [1.165, 1.54) is 0 Å². The van der Waals surface area contributed by atoms with Gasteiger partial charge in [0.2, 0.25) is 0 Å². The zero-order valence-electron chi connectivity index (χ0n) is 10.1. The van der Waals surface area contributed by atoms with Crippen LogP contribution in [0.15, 0.2) is 0 Å². The van der Waals surface area contributed by atoms with Crippen LogP contribution in [0.1, 0.15) is 20.8 Å². The Morgan fingerprint density at radius 3 is 2.08 bits per heavy atom. The Balaban J connectivity index is 3.62. The van der Waals surface area contributed by atoms with Gasteiger partial charge in [0.15, 0.2) is 8.32 Å². The Hall–Kier alpha value is 0.137. The molecule has 0 saturated heterocycles. The van der Waals surface area contributed by atoms with Gasteiger partial charge in [0, 0.05) is 19.2 Å². The first kappa shape index (κ1) is 13.1. The molecule has 0 radical (unpaired) electrons. The van der Waals surface area contributed by atoms with Crippen molar-refractivity contribution in [3.05, 3.63) is 0 Å². The topological polar surface area (TPSA) is 12.5 Å². The van der Waals surface area contributed by atoms with Gasteiger partial charge in [-0.3, -0.25) is 4.90 Å². The fourth-order valence-electron chi connectivity index (χ4n) is 1.25. The zero-order valence-corrected chi connectivity index (χ0v) is 11.1.